The summed E-state index contributed by atoms with van der Waals surface area (Å²) in [4.78, 5) is 25.4. The van der Waals surface area contributed by atoms with Crippen molar-refractivity contribution in [1.82, 2.24) is 5.32 Å². The second-order valence-corrected chi connectivity index (χ2v) is 9.95. The van der Waals surface area contributed by atoms with Crippen LogP contribution in [0.25, 0.3) is 21.2 Å². The second-order valence-electron chi connectivity index (χ2n) is 8.69. The van der Waals surface area contributed by atoms with Crippen LogP contribution in [0.1, 0.15) is 33.6 Å². The zero-order valence-electron chi connectivity index (χ0n) is 19.5. The quantitative estimate of drug-likeness (QED) is 0.250. The molecule has 4 aromatic rings. The number of nitrogens with one attached hydrogen (secondary N) is 1. The first-order valence-corrected chi connectivity index (χ1v) is 12.4. The van der Waals surface area contributed by atoms with E-state index in [4.69, 9.17) is 9.47 Å². The molecule has 0 spiro atoms. The van der Waals surface area contributed by atoms with E-state index in [0.717, 1.165) is 29.0 Å². The summed E-state index contributed by atoms with van der Waals surface area (Å²) >= 11 is 1.42. The average molecular weight is 508 g/mol. The number of esters is 2. The van der Waals surface area contributed by atoms with Crippen LogP contribution >= 0.6 is 11.3 Å². The Morgan fingerprint density at radius 2 is 1.89 bits per heavy atom. The van der Waals surface area contributed by atoms with Crippen molar-refractivity contribution in [3.05, 3.63) is 88.3 Å². The van der Waals surface area contributed by atoms with E-state index in [9.17, 15) is 18.4 Å². The molecule has 1 N–H and O–H groups in total. The largest absolute Gasteiger partial charge is 0.489 e. The number of halogens is 2. The monoisotopic (exact) mass is 507 g/mol. The highest BCUT2D eigenvalue weighted by Gasteiger charge is 2.26. The predicted molar refractivity (Wildman–Crippen MR) is 134 cm³/mol. The van der Waals surface area contributed by atoms with Crippen LogP contribution < -0.4 is 10.1 Å². The van der Waals surface area contributed by atoms with E-state index in [-0.39, 0.29) is 17.6 Å². The Morgan fingerprint density at radius 1 is 1.08 bits per heavy atom. The maximum Gasteiger partial charge on any atom is 0.345 e. The number of carbonyl (C=O) groups excluding carboxylic acids is 2. The predicted octanol–water partition coefficient (Wildman–Crippen LogP) is 6.17. The van der Waals surface area contributed by atoms with Gasteiger partial charge in [-0.2, -0.15) is 0 Å². The molecule has 0 radical (unpaired) electrons. The lowest BCUT2D eigenvalue weighted by molar-refractivity contribution is -0.139. The molecule has 1 aromatic heterocycles. The lowest BCUT2D eigenvalue weighted by Crippen LogP contribution is -2.33. The molecule has 0 saturated carbocycles. The van der Waals surface area contributed by atoms with Crippen molar-refractivity contribution < 1.29 is 27.8 Å². The summed E-state index contributed by atoms with van der Waals surface area (Å²) in [6.07, 6.45) is 1.54. The molecule has 5 rings (SSSR count). The van der Waals surface area contributed by atoms with E-state index in [1.165, 1.54) is 17.4 Å². The van der Waals surface area contributed by atoms with Crippen LogP contribution in [0, 0.1) is 18.6 Å². The number of hydrogen-bond acceptors (Lipinski definition) is 6. The molecule has 5 nitrogen and oxygen atoms in total. The average Bonchev–Trinajstić information content (AvgIpc) is 3.56. The zero-order valence-corrected chi connectivity index (χ0v) is 20.3. The fourth-order valence-corrected chi connectivity index (χ4v) is 5.31. The highest BCUT2D eigenvalue weighted by Crippen LogP contribution is 2.38. The van der Waals surface area contributed by atoms with Gasteiger partial charge in [0.2, 0.25) is 0 Å². The van der Waals surface area contributed by atoms with Crippen LogP contribution in [0.2, 0.25) is 0 Å². The summed E-state index contributed by atoms with van der Waals surface area (Å²) in [6.45, 7) is 2.79. The van der Waals surface area contributed by atoms with Crippen LogP contribution in [-0.4, -0.2) is 24.5 Å². The van der Waals surface area contributed by atoms with Gasteiger partial charge in [-0.3, -0.25) is 0 Å². The summed E-state index contributed by atoms with van der Waals surface area (Å²) in [5.41, 5.74) is 2.38. The number of fused-ring (bicyclic) bond motifs is 1. The molecular weight excluding hydrogens is 484 g/mol. The Hall–Kier alpha value is -3.62. The maximum atomic E-state index is 14.2. The number of hydrogen-bond donors (Lipinski definition) is 1. The Morgan fingerprint density at radius 3 is 2.64 bits per heavy atom. The van der Waals surface area contributed by atoms with Crippen molar-refractivity contribution in [1.29, 1.82) is 0 Å². The van der Waals surface area contributed by atoms with Crippen molar-refractivity contribution in [3.8, 4) is 16.9 Å². The first kappa shape index (κ1) is 24.1. The van der Waals surface area contributed by atoms with Gasteiger partial charge in [-0.05, 0) is 73.8 Å². The topological polar surface area (TPSA) is 64.6 Å². The summed E-state index contributed by atoms with van der Waals surface area (Å²) in [6, 6.07) is 16.3. The molecule has 3 aromatic carbocycles. The SMILES string of the molecule is Cc1cc2c(F)c(F)cc(-c3ccc(OCc4cccc(C(=O)OC(=O)[C@@H]5CCCN5)c4)cc3)c2s1. The van der Waals surface area contributed by atoms with Crippen LogP contribution in [0.15, 0.2) is 60.7 Å². The number of aryl methyl sites for hydroxylation is 1. The summed E-state index contributed by atoms with van der Waals surface area (Å²) in [5.74, 6) is -2.38. The minimum atomic E-state index is -0.879. The molecule has 1 fully saturated rings. The van der Waals surface area contributed by atoms with E-state index >= 15 is 0 Å². The van der Waals surface area contributed by atoms with Gasteiger partial charge >= 0.3 is 11.9 Å². The molecule has 184 valence electrons. The standard InChI is InChI=1S/C28H23F2NO4S/c1-16-12-22-25(30)23(29)14-21(26(22)36-16)18-7-9-20(10-8-18)34-15-17-4-2-5-19(13-17)27(32)35-28(33)24-6-3-11-31-24/h2,4-5,7-10,12-14,24,31H,3,6,11,15H2,1H3/t24-/m0/s1. The highest BCUT2D eigenvalue weighted by molar-refractivity contribution is 7.19. The Labute approximate surface area is 210 Å². The third-order valence-electron chi connectivity index (χ3n) is 6.09. The number of carbonyl (C=O) groups is 2. The minimum absolute atomic E-state index is 0.193. The Bertz CT molecular complexity index is 1440. The smallest absolute Gasteiger partial charge is 0.345 e. The van der Waals surface area contributed by atoms with Crippen molar-refractivity contribution in [2.24, 2.45) is 0 Å². The van der Waals surface area contributed by atoms with Crippen LogP contribution in [0.5, 0.6) is 5.75 Å². The molecule has 0 bridgehead atoms. The molecule has 1 aliphatic heterocycles. The minimum Gasteiger partial charge on any atom is -0.489 e. The van der Waals surface area contributed by atoms with Gasteiger partial charge in [-0.15, -0.1) is 11.3 Å². The van der Waals surface area contributed by atoms with E-state index in [1.807, 2.05) is 13.0 Å². The maximum absolute atomic E-state index is 14.2. The normalized spacial score (nSPS) is 15.2. The van der Waals surface area contributed by atoms with Crippen molar-refractivity contribution in [2.75, 3.05) is 6.54 Å². The molecule has 1 aliphatic rings. The van der Waals surface area contributed by atoms with Crippen molar-refractivity contribution in [2.45, 2.75) is 32.4 Å². The summed E-state index contributed by atoms with van der Waals surface area (Å²) in [7, 11) is 0. The first-order chi connectivity index (χ1) is 17.4. The molecular formula is C28H23F2NO4S. The van der Waals surface area contributed by atoms with Gasteiger partial charge in [-0.1, -0.05) is 24.3 Å². The van der Waals surface area contributed by atoms with Gasteiger partial charge in [0.1, 0.15) is 18.4 Å². The van der Waals surface area contributed by atoms with Crippen LogP contribution in [0.3, 0.4) is 0 Å². The van der Waals surface area contributed by atoms with Gasteiger partial charge < -0.3 is 14.8 Å². The first-order valence-electron chi connectivity index (χ1n) is 11.6. The lowest BCUT2D eigenvalue weighted by Gasteiger charge is -2.11. The molecule has 0 amide bonds. The molecule has 1 atom stereocenters. The summed E-state index contributed by atoms with van der Waals surface area (Å²) in [5, 5.41) is 3.30. The fraction of sp³-hybridized carbons (Fsp3) is 0.214. The van der Waals surface area contributed by atoms with E-state index < -0.39 is 29.6 Å². The highest BCUT2D eigenvalue weighted by atomic mass is 32.1. The van der Waals surface area contributed by atoms with E-state index in [0.29, 0.717) is 22.4 Å². The Kier molecular flexibility index (Phi) is 6.80. The van der Waals surface area contributed by atoms with Crippen molar-refractivity contribution >= 4 is 33.4 Å². The Balaban J connectivity index is 1.26. The van der Waals surface area contributed by atoms with Crippen LogP contribution in [-0.2, 0) is 16.1 Å². The van der Waals surface area contributed by atoms with E-state index in [2.05, 4.69) is 5.32 Å². The summed E-state index contributed by atoms with van der Waals surface area (Å²) < 4.78 is 40.0. The molecule has 0 unspecified atom stereocenters. The molecule has 1 saturated heterocycles. The number of ether oxygens (including phenoxy) is 2. The van der Waals surface area contributed by atoms with Gasteiger partial charge in [0.15, 0.2) is 11.6 Å². The molecule has 0 aliphatic carbocycles. The van der Waals surface area contributed by atoms with Gasteiger partial charge in [0, 0.05) is 20.5 Å². The second kappa shape index (κ2) is 10.2. The molecule has 2 heterocycles. The molecule has 36 heavy (non-hydrogen) atoms. The zero-order chi connectivity index (χ0) is 25.2. The number of rotatable bonds is 6. The van der Waals surface area contributed by atoms with Gasteiger partial charge in [0.05, 0.1) is 5.56 Å². The van der Waals surface area contributed by atoms with Gasteiger partial charge in [0.25, 0.3) is 0 Å². The number of benzene rings is 3. The molecule has 8 heteroatoms. The third kappa shape index (κ3) is 5.01. The lowest BCUT2D eigenvalue weighted by atomic mass is 10.0. The third-order valence-corrected chi connectivity index (χ3v) is 7.17. The number of thiophene rings is 1. The van der Waals surface area contributed by atoms with E-state index in [1.54, 1.807) is 48.5 Å². The van der Waals surface area contributed by atoms with Crippen molar-refractivity contribution in [3.63, 3.8) is 0 Å². The van der Waals surface area contributed by atoms with Gasteiger partial charge in [-0.25, -0.2) is 18.4 Å². The fourth-order valence-electron chi connectivity index (χ4n) is 4.27. The van der Waals surface area contributed by atoms with Crippen LogP contribution in [0.4, 0.5) is 8.78 Å².